The Hall–Kier alpha value is -4.26. The number of amides is 1. The quantitative estimate of drug-likeness (QED) is 0.467. The lowest BCUT2D eigenvalue weighted by molar-refractivity contribution is 0.0927. The van der Waals surface area contributed by atoms with Gasteiger partial charge in [0, 0.05) is 24.4 Å². The third-order valence-corrected chi connectivity index (χ3v) is 6.08. The summed E-state index contributed by atoms with van der Waals surface area (Å²) in [6.45, 7) is 1.86. The second kappa shape index (κ2) is 8.59. The van der Waals surface area contributed by atoms with Crippen LogP contribution in [-0.4, -0.2) is 34.1 Å². The predicted molar refractivity (Wildman–Crippen MR) is 129 cm³/mol. The molecule has 0 unspecified atom stereocenters. The SMILES string of the molecule is CC(=O)c1ccccc1-c1ccc2c(c1)C[C@@H](CNC(=O)c1nn(C)c(=O)c3ccccc13)O2. The van der Waals surface area contributed by atoms with Gasteiger partial charge in [-0.05, 0) is 41.8 Å². The molecule has 0 saturated heterocycles. The number of carbonyl (C=O) groups excluding carboxylic acids is 2. The summed E-state index contributed by atoms with van der Waals surface area (Å²) in [7, 11) is 1.53. The minimum Gasteiger partial charge on any atom is -0.488 e. The summed E-state index contributed by atoms with van der Waals surface area (Å²) >= 11 is 0. The summed E-state index contributed by atoms with van der Waals surface area (Å²) in [5, 5.41) is 8.05. The van der Waals surface area contributed by atoms with Crippen molar-refractivity contribution in [3.63, 3.8) is 0 Å². The first-order valence-electron chi connectivity index (χ1n) is 11.1. The van der Waals surface area contributed by atoms with Gasteiger partial charge in [0.05, 0.1) is 11.9 Å². The van der Waals surface area contributed by atoms with Gasteiger partial charge in [-0.15, -0.1) is 0 Å². The maximum absolute atomic E-state index is 12.9. The highest BCUT2D eigenvalue weighted by Gasteiger charge is 2.25. The molecule has 1 aliphatic heterocycles. The van der Waals surface area contributed by atoms with Crippen LogP contribution in [0.15, 0.2) is 71.5 Å². The highest BCUT2D eigenvalue weighted by molar-refractivity contribution is 6.04. The smallest absolute Gasteiger partial charge is 0.274 e. The average Bonchev–Trinajstić information content (AvgIpc) is 3.27. The van der Waals surface area contributed by atoms with Crippen molar-refractivity contribution in [2.45, 2.75) is 19.4 Å². The Kier molecular flexibility index (Phi) is 5.45. The fourth-order valence-electron chi connectivity index (χ4n) is 4.40. The fraction of sp³-hybridized carbons (Fsp3) is 0.185. The molecule has 4 aromatic rings. The van der Waals surface area contributed by atoms with Crippen LogP contribution in [0.4, 0.5) is 0 Å². The highest BCUT2D eigenvalue weighted by atomic mass is 16.5. The van der Waals surface area contributed by atoms with Gasteiger partial charge in [-0.1, -0.05) is 48.5 Å². The molecule has 0 spiro atoms. The number of hydrogen-bond acceptors (Lipinski definition) is 5. The van der Waals surface area contributed by atoms with Crippen LogP contribution < -0.4 is 15.6 Å². The third kappa shape index (κ3) is 3.85. The second-order valence-corrected chi connectivity index (χ2v) is 8.40. The molecule has 7 nitrogen and oxygen atoms in total. The average molecular weight is 453 g/mol. The molecule has 0 saturated carbocycles. The molecule has 7 heteroatoms. The maximum Gasteiger partial charge on any atom is 0.274 e. The van der Waals surface area contributed by atoms with E-state index < -0.39 is 0 Å². The Labute approximate surface area is 196 Å². The normalized spacial score (nSPS) is 14.5. The number of ether oxygens (including phenoxy) is 1. The lowest BCUT2D eigenvalue weighted by Crippen LogP contribution is -2.36. The summed E-state index contributed by atoms with van der Waals surface area (Å²) in [5.41, 5.74) is 3.52. The van der Waals surface area contributed by atoms with Gasteiger partial charge in [0.2, 0.25) is 0 Å². The molecule has 34 heavy (non-hydrogen) atoms. The fourth-order valence-corrected chi connectivity index (χ4v) is 4.40. The molecule has 0 aliphatic carbocycles. The summed E-state index contributed by atoms with van der Waals surface area (Å²) in [4.78, 5) is 37.3. The van der Waals surface area contributed by atoms with Crippen LogP contribution in [-0.2, 0) is 13.5 Å². The molecule has 0 fully saturated rings. The van der Waals surface area contributed by atoms with Gasteiger partial charge < -0.3 is 10.1 Å². The highest BCUT2D eigenvalue weighted by Crippen LogP contribution is 2.34. The van der Waals surface area contributed by atoms with Crippen LogP contribution in [0.3, 0.4) is 0 Å². The summed E-state index contributed by atoms with van der Waals surface area (Å²) in [5.74, 6) is 0.434. The van der Waals surface area contributed by atoms with E-state index in [0.717, 1.165) is 22.4 Å². The van der Waals surface area contributed by atoms with E-state index in [-0.39, 0.29) is 29.0 Å². The van der Waals surface area contributed by atoms with Crippen LogP contribution in [0.1, 0.15) is 33.3 Å². The number of aryl methyl sites for hydroxylation is 1. The van der Waals surface area contributed by atoms with Crippen molar-refractivity contribution < 1.29 is 14.3 Å². The molecule has 3 aromatic carbocycles. The van der Waals surface area contributed by atoms with E-state index in [4.69, 9.17) is 4.74 Å². The molecule has 0 bridgehead atoms. The van der Waals surface area contributed by atoms with Crippen LogP contribution in [0.25, 0.3) is 21.9 Å². The van der Waals surface area contributed by atoms with Crippen LogP contribution in [0.5, 0.6) is 5.75 Å². The van der Waals surface area contributed by atoms with E-state index in [0.29, 0.717) is 29.3 Å². The summed E-state index contributed by atoms with van der Waals surface area (Å²) in [6.07, 6.45) is 0.406. The number of aromatic nitrogens is 2. The van der Waals surface area contributed by atoms with Gasteiger partial charge >= 0.3 is 0 Å². The topological polar surface area (TPSA) is 90.3 Å². The number of ketones is 1. The van der Waals surface area contributed by atoms with E-state index in [9.17, 15) is 14.4 Å². The molecule has 2 heterocycles. The number of nitrogens with one attached hydrogen (secondary N) is 1. The van der Waals surface area contributed by atoms with Crippen molar-refractivity contribution >= 4 is 22.5 Å². The Bertz CT molecular complexity index is 1510. The second-order valence-electron chi connectivity index (χ2n) is 8.40. The van der Waals surface area contributed by atoms with Crippen molar-refractivity contribution in [1.29, 1.82) is 0 Å². The zero-order chi connectivity index (χ0) is 23.8. The van der Waals surface area contributed by atoms with Crippen LogP contribution >= 0.6 is 0 Å². The lowest BCUT2D eigenvalue weighted by atomic mass is 9.95. The molecule has 1 aliphatic rings. The van der Waals surface area contributed by atoms with E-state index >= 15 is 0 Å². The number of fused-ring (bicyclic) bond motifs is 2. The van der Waals surface area contributed by atoms with Crippen molar-refractivity contribution in [3.05, 3.63) is 93.9 Å². The summed E-state index contributed by atoms with van der Waals surface area (Å²) in [6, 6.07) is 20.4. The molecular formula is C27H23N3O4. The first kappa shape index (κ1) is 21.6. The molecule has 5 rings (SSSR count). The zero-order valence-electron chi connectivity index (χ0n) is 18.9. The molecule has 0 radical (unpaired) electrons. The molecule has 1 aromatic heterocycles. The van der Waals surface area contributed by atoms with Crippen molar-refractivity contribution in [3.8, 4) is 16.9 Å². The van der Waals surface area contributed by atoms with Crippen molar-refractivity contribution in [2.24, 2.45) is 7.05 Å². The van der Waals surface area contributed by atoms with Gasteiger partial charge in [-0.25, -0.2) is 4.68 Å². The van der Waals surface area contributed by atoms with Crippen LogP contribution in [0.2, 0.25) is 0 Å². The number of Topliss-reactive ketones (excluding diaryl/α,β-unsaturated/α-hetero) is 1. The largest absolute Gasteiger partial charge is 0.488 e. The minimum atomic E-state index is -0.359. The van der Waals surface area contributed by atoms with Crippen molar-refractivity contribution in [2.75, 3.05) is 6.54 Å². The Morgan fingerprint density at radius 2 is 1.79 bits per heavy atom. The van der Waals surface area contributed by atoms with E-state index in [2.05, 4.69) is 10.4 Å². The van der Waals surface area contributed by atoms with Gasteiger partial charge in [-0.3, -0.25) is 14.4 Å². The number of hydrogen-bond donors (Lipinski definition) is 1. The van der Waals surface area contributed by atoms with Crippen molar-refractivity contribution in [1.82, 2.24) is 15.1 Å². The Morgan fingerprint density at radius 1 is 1.06 bits per heavy atom. The standard InChI is InChI=1S/C27H23N3O4/c1-16(31)20-7-3-4-8-21(20)17-11-12-24-18(13-17)14-19(34-24)15-28-26(32)25-22-9-5-6-10-23(22)27(33)30(2)29-25/h3-13,19H,14-15H2,1-2H3,(H,28,32)/t19-/m0/s1. The molecular weight excluding hydrogens is 430 g/mol. The number of carbonyl (C=O) groups is 2. The van der Waals surface area contributed by atoms with Gasteiger partial charge in [0.25, 0.3) is 11.5 Å². The Balaban J connectivity index is 1.32. The molecule has 170 valence electrons. The zero-order valence-corrected chi connectivity index (χ0v) is 18.9. The van der Waals surface area contributed by atoms with E-state index in [1.54, 1.807) is 31.2 Å². The monoisotopic (exact) mass is 453 g/mol. The summed E-state index contributed by atoms with van der Waals surface area (Å²) < 4.78 is 7.21. The number of benzene rings is 3. The first-order valence-corrected chi connectivity index (χ1v) is 11.1. The minimum absolute atomic E-state index is 0.0208. The maximum atomic E-state index is 12.9. The number of rotatable bonds is 5. The first-order chi connectivity index (χ1) is 16.4. The van der Waals surface area contributed by atoms with E-state index in [1.807, 2.05) is 42.5 Å². The van der Waals surface area contributed by atoms with Crippen LogP contribution in [0, 0.1) is 0 Å². The third-order valence-electron chi connectivity index (χ3n) is 6.08. The molecule has 1 atom stereocenters. The van der Waals surface area contributed by atoms with Gasteiger partial charge in [0.1, 0.15) is 11.9 Å². The predicted octanol–water partition coefficient (Wildman–Crippen LogP) is 3.54. The Morgan fingerprint density at radius 3 is 2.59 bits per heavy atom. The molecule has 1 N–H and O–H groups in total. The van der Waals surface area contributed by atoms with E-state index in [1.165, 1.54) is 11.7 Å². The molecule has 1 amide bonds. The lowest BCUT2D eigenvalue weighted by Gasteiger charge is -2.13. The number of nitrogens with zero attached hydrogens (tertiary/aromatic N) is 2. The van der Waals surface area contributed by atoms with Gasteiger partial charge in [-0.2, -0.15) is 5.10 Å². The van der Waals surface area contributed by atoms with Gasteiger partial charge in [0.15, 0.2) is 11.5 Å².